The molecule has 0 aliphatic carbocycles. The normalized spacial score (nSPS) is 12.0. The number of benzene rings is 1. The van der Waals surface area contributed by atoms with Gasteiger partial charge in [0.2, 0.25) is 5.91 Å². The fraction of sp³-hybridized carbons (Fsp3) is 0.333. The first-order chi connectivity index (χ1) is 12.0. The predicted octanol–water partition coefficient (Wildman–Crippen LogP) is 1.32. The molecule has 3 N–H and O–H groups in total. The summed E-state index contributed by atoms with van der Waals surface area (Å²) in [4.78, 5) is 45.0. The Labute approximate surface area is 145 Å². The number of carbonyl (C=O) groups excluding carboxylic acids is 3. The molecule has 0 saturated heterocycles. The van der Waals surface area contributed by atoms with Crippen molar-refractivity contribution in [1.29, 1.82) is 0 Å². The minimum Gasteiger partial charge on any atom is -0.481 e. The average molecular weight is 376 g/mol. The van der Waals surface area contributed by atoms with E-state index in [0.717, 1.165) is 0 Å². The van der Waals surface area contributed by atoms with Gasteiger partial charge < -0.3 is 20.5 Å². The first kappa shape index (κ1) is 20.9. The maximum Gasteiger partial charge on any atom is 0.471 e. The van der Waals surface area contributed by atoms with E-state index in [-0.39, 0.29) is 11.3 Å². The van der Waals surface area contributed by atoms with E-state index in [9.17, 15) is 32.3 Å². The van der Waals surface area contributed by atoms with Crippen LogP contribution in [0.25, 0.3) is 0 Å². The first-order valence-corrected chi connectivity index (χ1v) is 7.13. The lowest BCUT2D eigenvalue weighted by Gasteiger charge is -2.18. The number of hydrogen-bond acceptors (Lipinski definition) is 5. The van der Waals surface area contributed by atoms with Crippen LogP contribution in [0.2, 0.25) is 0 Å². The number of carbonyl (C=O) groups is 4. The standard InChI is InChI=1S/C15H15F3N2O6/c1-26-13(24)8-2-4-9(5-3-8)19-12(23)10(6-7-11(21)22)20-14(25)15(16,17)18/h2-5,10H,6-7H2,1H3,(H,19,23)(H,20,25)(H,21,22)/t10-/m1/s1. The van der Waals surface area contributed by atoms with E-state index in [0.29, 0.717) is 0 Å². The van der Waals surface area contributed by atoms with E-state index in [1.54, 1.807) is 0 Å². The first-order valence-electron chi connectivity index (χ1n) is 7.13. The van der Waals surface area contributed by atoms with Crippen molar-refractivity contribution in [2.75, 3.05) is 12.4 Å². The van der Waals surface area contributed by atoms with E-state index in [1.165, 1.54) is 36.7 Å². The summed E-state index contributed by atoms with van der Waals surface area (Å²) >= 11 is 0. The molecule has 1 aromatic carbocycles. The zero-order valence-corrected chi connectivity index (χ0v) is 13.4. The van der Waals surface area contributed by atoms with E-state index in [1.807, 2.05) is 0 Å². The van der Waals surface area contributed by atoms with E-state index >= 15 is 0 Å². The number of rotatable bonds is 7. The number of alkyl halides is 3. The smallest absolute Gasteiger partial charge is 0.471 e. The molecule has 0 unspecified atom stereocenters. The number of halogens is 3. The van der Waals surface area contributed by atoms with Crippen LogP contribution >= 0.6 is 0 Å². The van der Waals surface area contributed by atoms with Gasteiger partial charge in [-0.2, -0.15) is 13.2 Å². The van der Waals surface area contributed by atoms with Gasteiger partial charge in [0.05, 0.1) is 12.7 Å². The fourth-order valence-electron chi connectivity index (χ4n) is 1.81. The Morgan fingerprint density at radius 1 is 1.15 bits per heavy atom. The van der Waals surface area contributed by atoms with Crippen molar-refractivity contribution in [2.45, 2.75) is 25.1 Å². The summed E-state index contributed by atoms with van der Waals surface area (Å²) in [7, 11) is 1.17. The fourth-order valence-corrected chi connectivity index (χ4v) is 1.81. The Balaban J connectivity index is 2.85. The number of methoxy groups -OCH3 is 1. The van der Waals surface area contributed by atoms with Gasteiger partial charge in [0, 0.05) is 12.1 Å². The molecule has 1 atom stereocenters. The molecule has 1 rings (SSSR count). The molecule has 0 saturated carbocycles. The molecule has 26 heavy (non-hydrogen) atoms. The molecule has 142 valence electrons. The highest BCUT2D eigenvalue weighted by molar-refractivity contribution is 5.98. The molecule has 0 heterocycles. The van der Waals surface area contributed by atoms with Crippen LogP contribution in [0.15, 0.2) is 24.3 Å². The van der Waals surface area contributed by atoms with Gasteiger partial charge >= 0.3 is 24.0 Å². The zero-order valence-electron chi connectivity index (χ0n) is 13.4. The summed E-state index contributed by atoms with van der Waals surface area (Å²) in [6, 6.07) is 3.50. The van der Waals surface area contributed by atoms with Crippen molar-refractivity contribution in [3.05, 3.63) is 29.8 Å². The van der Waals surface area contributed by atoms with Crippen LogP contribution in [0.1, 0.15) is 23.2 Å². The molecule has 0 spiro atoms. The highest BCUT2D eigenvalue weighted by Crippen LogP contribution is 2.16. The molecule has 11 heteroatoms. The van der Waals surface area contributed by atoms with Gasteiger partial charge in [-0.25, -0.2) is 4.79 Å². The van der Waals surface area contributed by atoms with E-state index < -0.39 is 48.8 Å². The number of nitrogens with one attached hydrogen (secondary N) is 2. The number of anilines is 1. The minimum absolute atomic E-state index is 0.129. The third-order valence-corrected chi connectivity index (χ3v) is 3.10. The highest BCUT2D eigenvalue weighted by atomic mass is 19.4. The van der Waals surface area contributed by atoms with Crippen LogP contribution < -0.4 is 10.6 Å². The van der Waals surface area contributed by atoms with Gasteiger partial charge in [-0.3, -0.25) is 14.4 Å². The largest absolute Gasteiger partial charge is 0.481 e. The molecule has 0 aliphatic heterocycles. The number of amides is 2. The second kappa shape index (κ2) is 8.83. The lowest BCUT2D eigenvalue weighted by Crippen LogP contribution is -2.48. The number of carboxylic acid groups (broad SMARTS) is 1. The summed E-state index contributed by atoms with van der Waals surface area (Å²) in [5.41, 5.74) is 0.308. The molecule has 0 radical (unpaired) electrons. The maximum absolute atomic E-state index is 12.3. The number of carboxylic acids is 1. The van der Waals surface area contributed by atoms with Crippen LogP contribution in [0.5, 0.6) is 0 Å². The Hall–Kier alpha value is -3.11. The molecule has 0 fully saturated rings. The second-order valence-electron chi connectivity index (χ2n) is 5.01. The lowest BCUT2D eigenvalue weighted by molar-refractivity contribution is -0.174. The van der Waals surface area contributed by atoms with Gasteiger partial charge in [-0.15, -0.1) is 0 Å². The van der Waals surface area contributed by atoms with Crippen LogP contribution in [0, 0.1) is 0 Å². The molecular weight excluding hydrogens is 361 g/mol. The summed E-state index contributed by atoms with van der Waals surface area (Å²) in [5, 5.41) is 12.3. The van der Waals surface area contributed by atoms with Gasteiger partial charge in [-0.05, 0) is 30.7 Å². The molecule has 0 aromatic heterocycles. The number of ether oxygens (including phenoxy) is 1. The lowest BCUT2D eigenvalue weighted by atomic mass is 10.1. The van der Waals surface area contributed by atoms with Gasteiger partial charge in [0.1, 0.15) is 6.04 Å². The van der Waals surface area contributed by atoms with Crippen molar-refractivity contribution >= 4 is 29.4 Å². The Morgan fingerprint density at radius 2 is 1.73 bits per heavy atom. The SMILES string of the molecule is COC(=O)c1ccc(NC(=O)[C@@H](CCC(=O)O)NC(=O)C(F)(F)F)cc1. The zero-order chi connectivity index (χ0) is 19.9. The molecule has 0 bridgehead atoms. The molecule has 8 nitrogen and oxygen atoms in total. The summed E-state index contributed by atoms with van der Waals surface area (Å²) in [6.45, 7) is 0. The van der Waals surface area contributed by atoms with Gasteiger partial charge in [-0.1, -0.05) is 0 Å². The third-order valence-electron chi connectivity index (χ3n) is 3.10. The predicted molar refractivity (Wildman–Crippen MR) is 81.3 cm³/mol. The monoisotopic (exact) mass is 376 g/mol. The number of hydrogen-bond donors (Lipinski definition) is 3. The summed E-state index contributed by atoms with van der Waals surface area (Å²) < 4.78 is 41.5. The van der Waals surface area contributed by atoms with Crippen molar-refractivity contribution in [2.24, 2.45) is 0 Å². The van der Waals surface area contributed by atoms with Crippen LogP contribution in [-0.2, 0) is 19.1 Å². The minimum atomic E-state index is -5.22. The molecule has 0 aliphatic rings. The molecular formula is C15H15F3N2O6. The van der Waals surface area contributed by atoms with Crippen molar-refractivity contribution in [1.82, 2.24) is 5.32 Å². The number of esters is 1. The molecule has 2 amide bonds. The van der Waals surface area contributed by atoms with Crippen LogP contribution in [-0.4, -0.2) is 48.2 Å². The highest BCUT2D eigenvalue weighted by Gasteiger charge is 2.40. The Kier molecular flexibility index (Phi) is 7.11. The van der Waals surface area contributed by atoms with Crippen molar-refractivity contribution in [3.8, 4) is 0 Å². The van der Waals surface area contributed by atoms with Gasteiger partial charge in [0.15, 0.2) is 0 Å². The van der Waals surface area contributed by atoms with E-state index in [2.05, 4.69) is 10.1 Å². The summed E-state index contributed by atoms with van der Waals surface area (Å²) in [5.74, 6) is -5.36. The summed E-state index contributed by atoms with van der Waals surface area (Å²) in [6.07, 6.45) is -6.38. The number of aliphatic carboxylic acids is 1. The molecule has 1 aromatic rings. The van der Waals surface area contributed by atoms with Crippen LogP contribution in [0.3, 0.4) is 0 Å². The second-order valence-corrected chi connectivity index (χ2v) is 5.01. The average Bonchev–Trinajstić information content (AvgIpc) is 2.57. The quantitative estimate of drug-likeness (QED) is 0.617. The van der Waals surface area contributed by atoms with Gasteiger partial charge in [0.25, 0.3) is 0 Å². The Bertz CT molecular complexity index is 688. The van der Waals surface area contributed by atoms with E-state index in [4.69, 9.17) is 5.11 Å². The van der Waals surface area contributed by atoms with Crippen molar-refractivity contribution in [3.63, 3.8) is 0 Å². The van der Waals surface area contributed by atoms with Crippen LogP contribution in [0.4, 0.5) is 18.9 Å². The van der Waals surface area contributed by atoms with Crippen molar-refractivity contribution < 1.29 is 42.2 Å². The maximum atomic E-state index is 12.3. The Morgan fingerprint density at radius 3 is 2.19 bits per heavy atom. The topological polar surface area (TPSA) is 122 Å². The third kappa shape index (κ3) is 6.42.